The fraction of sp³-hybridized carbons (Fsp3) is 0.429. The lowest BCUT2D eigenvalue weighted by Crippen LogP contribution is -2.72. The number of benzene rings is 1. The quantitative estimate of drug-likeness (QED) is 0.257. The Kier molecular flexibility index (Phi) is 8.70. The van der Waals surface area contributed by atoms with Crippen molar-refractivity contribution in [1.29, 1.82) is 0 Å². The number of anilines is 3. The molecule has 12 rings (SSSR count). The molecule has 4 saturated heterocycles. The number of carbonyl (C=O) groups is 2. The van der Waals surface area contributed by atoms with E-state index in [0.29, 0.717) is 77.0 Å². The number of aryl methyl sites for hydroxylation is 1. The third-order valence-corrected chi connectivity index (χ3v) is 12.9. The number of hydrogen-bond donors (Lipinski definition) is 1. The van der Waals surface area contributed by atoms with E-state index in [0.717, 1.165) is 31.6 Å². The molecule has 0 spiro atoms. The number of rotatable bonds is 6. The lowest BCUT2D eigenvalue weighted by atomic mass is 9.87. The minimum atomic E-state index is -0.939. The van der Waals surface area contributed by atoms with Gasteiger partial charge in [-0.25, -0.2) is 28.1 Å². The fourth-order valence-electron chi connectivity index (χ4n) is 9.66. The van der Waals surface area contributed by atoms with Gasteiger partial charge in [0.05, 0.1) is 53.2 Å². The van der Waals surface area contributed by atoms with Crippen molar-refractivity contribution in [3.8, 4) is 17.1 Å². The predicted octanol–water partition coefficient (Wildman–Crippen LogP) is 4.09. The lowest BCUT2D eigenvalue weighted by Gasteiger charge is -2.55. The number of nitrogens with one attached hydrogen (secondary N) is 1. The molecular weight excluding hydrogens is 792 g/mol. The summed E-state index contributed by atoms with van der Waals surface area (Å²) in [6, 6.07) is 7.50. The van der Waals surface area contributed by atoms with Gasteiger partial charge in [0, 0.05) is 64.1 Å². The Bertz CT molecular complexity index is 2780. The zero-order chi connectivity index (χ0) is 41.8. The molecule has 5 atom stereocenters. The second kappa shape index (κ2) is 14.1. The number of likely N-dealkylation sites (N-methyl/N-ethyl adjacent to an activating group) is 1. The number of imidazole rings is 1. The van der Waals surface area contributed by atoms with Gasteiger partial charge in [0.25, 0.3) is 0 Å². The van der Waals surface area contributed by atoms with E-state index in [2.05, 4.69) is 20.4 Å². The van der Waals surface area contributed by atoms with Crippen LogP contribution in [0.5, 0.6) is 0 Å². The standard InChI is InChI=1S/C42H42F3N13O3/c1-21-48-32-11-23(43)9-28-31-5-4-6-35(50-31)49-25-12-33(40(59)53(2)19-27(61-3)20-55(21)36(28)32)56(17-25)37-29-15-47-58(39-30(45)10-24(44)14-46-39)38(29)52-42(51-37)57-26-13-34(57)41(60)54(18-26)16-22-7-8-22/h4-6,9-11,14-15,22,25-27,33-34H,7-8,12-13,16-20H2,1-3H3,(H,49,50)/t25?,26?,27-,33-,34+/m0/s1. The summed E-state index contributed by atoms with van der Waals surface area (Å²) in [4.78, 5) is 59.8. The van der Waals surface area contributed by atoms with Crippen molar-refractivity contribution in [2.75, 3.05) is 55.5 Å². The Morgan fingerprint density at radius 2 is 1.74 bits per heavy atom. The van der Waals surface area contributed by atoms with Crippen molar-refractivity contribution < 1.29 is 27.5 Å². The number of pyridine rings is 2. The molecule has 10 heterocycles. The third-order valence-electron chi connectivity index (χ3n) is 12.9. The van der Waals surface area contributed by atoms with Gasteiger partial charge in [-0.1, -0.05) is 6.07 Å². The van der Waals surface area contributed by atoms with Gasteiger partial charge in [-0.2, -0.15) is 19.7 Å². The topological polar surface area (TPSA) is 156 Å². The molecule has 61 heavy (non-hydrogen) atoms. The SMILES string of the molecule is CO[C@H]1CN(C)C(=O)[C@@H]2CC(CN2c2nc(N3C4C[C@@H]3C(=O)N(CC3CC3)C4)nc3c2cnn3-c2ncc(F)cc2F)Nc2cccc(n2)-c2cc(F)cc3nc(C)n(c23)C1. The number of hydrogen-bond acceptors (Lipinski definition) is 12. The molecule has 1 aliphatic carbocycles. The van der Waals surface area contributed by atoms with Crippen LogP contribution in [0.3, 0.4) is 0 Å². The monoisotopic (exact) mass is 833 g/mol. The van der Waals surface area contributed by atoms with Crippen molar-refractivity contribution >= 4 is 51.5 Å². The summed E-state index contributed by atoms with van der Waals surface area (Å²) in [5.41, 5.74) is 2.50. The summed E-state index contributed by atoms with van der Waals surface area (Å²) in [5, 5.41) is 8.44. The first-order valence-corrected chi connectivity index (χ1v) is 20.6. The summed E-state index contributed by atoms with van der Waals surface area (Å²) in [5.74, 6) is -0.335. The van der Waals surface area contributed by atoms with Crippen molar-refractivity contribution in [2.24, 2.45) is 5.92 Å². The Hall–Kier alpha value is -6.37. The van der Waals surface area contributed by atoms with Crippen molar-refractivity contribution in [3.05, 3.63) is 72.1 Å². The third kappa shape index (κ3) is 6.30. The molecule has 2 amide bonds. The average molecular weight is 834 g/mol. The lowest BCUT2D eigenvalue weighted by molar-refractivity contribution is -0.140. The Labute approximate surface area is 347 Å². The number of ether oxygens (including phenoxy) is 1. The largest absolute Gasteiger partial charge is 0.378 e. The molecule has 5 aliphatic heterocycles. The van der Waals surface area contributed by atoms with Crippen LogP contribution < -0.4 is 15.1 Å². The summed E-state index contributed by atoms with van der Waals surface area (Å²) in [6.45, 7) is 3.94. The first-order valence-electron chi connectivity index (χ1n) is 20.6. The maximum absolute atomic E-state index is 15.4. The highest BCUT2D eigenvalue weighted by molar-refractivity contribution is 5.95. The predicted molar refractivity (Wildman–Crippen MR) is 218 cm³/mol. The second-order valence-corrected chi connectivity index (χ2v) is 16.9. The van der Waals surface area contributed by atoms with Crippen LogP contribution in [0.2, 0.25) is 0 Å². The molecule has 6 bridgehead atoms. The number of fused-ring (bicyclic) bond motifs is 8. The highest BCUT2D eigenvalue weighted by Gasteiger charge is 2.53. The molecular formula is C42H42F3N13O3. The first kappa shape index (κ1) is 37.6. The average Bonchev–Trinajstić information content (AvgIpc) is 3.65. The second-order valence-electron chi connectivity index (χ2n) is 16.9. The maximum atomic E-state index is 15.4. The van der Waals surface area contributed by atoms with Gasteiger partial charge in [0.2, 0.25) is 17.8 Å². The molecule has 19 heteroatoms. The van der Waals surface area contributed by atoms with Gasteiger partial charge in [0.1, 0.15) is 41.2 Å². The number of methoxy groups -OCH3 is 1. The van der Waals surface area contributed by atoms with Gasteiger partial charge in [-0.15, -0.1) is 0 Å². The zero-order valence-corrected chi connectivity index (χ0v) is 33.7. The molecule has 0 radical (unpaired) electrons. The Morgan fingerprint density at radius 3 is 2.52 bits per heavy atom. The van der Waals surface area contributed by atoms with Crippen molar-refractivity contribution in [2.45, 2.75) is 69.4 Å². The van der Waals surface area contributed by atoms with Gasteiger partial charge < -0.3 is 34.2 Å². The highest BCUT2D eigenvalue weighted by atomic mass is 19.1. The number of nitrogens with zero attached hydrogens (tertiary/aromatic N) is 12. The van der Waals surface area contributed by atoms with Crippen LogP contribution in [-0.4, -0.2) is 131 Å². The number of piperazine rings is 1. The van der Waals surface area contributed by atoms with E-state index in [4.69, 9.17) is 19.7 Å². The Morgan fingerprint density at radius 1 is 0.885 bits per heavy atom. The smallest absolute Gasteiger partial charge is 0.245 e. The normalized spacial score (nSPS) is 24.0. The zero-order valence-electron chi connectivity index (χ0n) is 33.7. The number of aromatic nitrogens is 8. The molecule has 2 unspecified atom stereocenters. The summed E-state index contributed by atoms with van der Waals surface area (Å²) in [6.07, 6.45) is 5.16. The number of amides is 2. The van der Waals surface area contributed by atoms with Crippen LogP contribution >= 0.6 is 0 Å². The molecule has 5 fully saturated rings. The number of carbonyl (C=O) groups excluding carboxylic acids is 2. The van der Waals surface area contributed by atoms with Crippen LogP contribution in [0.15, 0.2) is 48.8 Å². The van der Waals surface area contributed by atoms with Gasteiger partial charge in [-0.05, 0) is 56.7 Å². The van der Waals surface area contributed by atoms with E-state index in [1.165, 1.54) is 23.0 Å². The van der Waals surface area contributed by atoms with E-state index in [1.54, 1.807) is 19.1 Å². The molecule has 16 nitrogen and oxygen atoms in total. The van der Waals surface area contributed by atoms with Gasteiger partial charge in [0.15, 0.2) is 17.3 Å². The van der Waals surface area contributed by atoms with E-state index >= 15 is 8.78 Å². The van der Waals surface area contributed by atoms with E-state index in [9.17, 15) is 14.0 Å². The van der Waals surface area contributed by atoms with E-state index in [1.807, 2.05) is 44.4 Å². The number of piperidine rings is 1. The molecule has 6 aromatic rings. The van der Waals surface area contributed by atoms with Crippen LogP contribution in [0.1, 0.15) is 31.5 Å². The van der Waals surface area contributed by atoms with Crippen LogP contribution in [-0.2, 0) is 20.9 Å². The fourth-order valence-corrected chi connectivity index (χ4v) is 9.66. The highest BCUT2D eigenvalue weighted by Crippen LogP contribution is 2.42. The van der Waals surface area contributed by atoms with Gasteiger partial charge in [-0.3, -0.25) is 9.59 Å². The van der Waals surface area contributed by atoms with Crippen molar-refractivity contribution in [1.82, 2.24) is 49.1 Å². The summed E-state index contributed by atoms with van der Waals surface area (Å²) in [7, 11) is 3.33. The van der Waals surface area contributed by atoms with Crippen LogP contribution in [0.4, 0.5) is 30.8 Å². The molecule has 314 valence electrons. The van der Waals surface area contributed by atoms with E-state index in [-0.39, 0.29) is 54.4 Å². The molecule has 1 aromatic carbocycles. The van der Waals surface area contributed by atoms with E-state index < -0.39 is 35.6 Å². The minimum Gasteiger partial charge on any atom is -0.378 e. The Balaban J connectivity index is 1.03. The summed E-state index contributed by atoms with van der Waals surface area (Å²) >= 11 is 0. The molecule has 6 aliphatic rings. The minimum absolute atomic E-state index is 0.0204. The number of halogens is 3. The first-order chi connectivity index (χ1) is 29.5. The summed E-state index contributed by atoms with van der Waals surface area (Å²) < 4.78 is 53.8. The molecule has 1 N–H and O–H groups in total. The van der Waals surface area contributed by atoms with Crippen LogP contribution in [0.25, 0.3) is 39.1 Å². The maximum Gasteiger partial charge on any atom is 0.245 e. The van der Waals surface area contributed by atoms with Crippen molar-refractivity contribution in [3.63, 3.8) is 0 Å². The van der Waals surface area contributed by atoms with Gasteiger partial charge >= 0.3 is 0 Å². The molecule has 1 saturated carbocycles. The van der Waals surface area contributed by atoms with Crippen LogP contribution in [0, 0.1) is 30.3 Å². The molecule has 5 aromatic heterocycles.